The molecule has 2 aliphatic rings. The van der Waals surface area contributed by atoms with Gasteiger partial charge in [0.25, 0.3) is 0 Å². The zero-order valence-electron chi connectivity index (χ0n) is 27.8. The minimum atomic E-state index is -1.21. The number of thiophene rings is 1. The third kappa shape index (κ3) is 4.83. The number of anilines is 3. The molecule has 1 heterocycles. The lowest BCUT2D eigenvalue weighted by molar-refractivity contribution is -0.132. The van der Waals surface area contributed by atoms with Crippen molar-refractivity contribution < 1.29 is 9.90 Å². The van der Waals surface area contributed by atoms with Crippen LogP contribution in [0.15, 0.2) is 127 Å². The first-order valence-electron chi connectivity index (χ1n) is 16.4. The number of hydrogen-bond acceptors (Lipinski definition) is 4. The van der Waals surface area contributed by atoms with Crippen LogP contribution >= 0.6 is 11.3 Å². The number of benzene rings is 5. The van der Waals surface area contributed by atoms with Gasteiger partial charge in [-0.15, -0.1) is 11.3 Å². The first-order chi connectivity index (χ1) is 23.6. The lowest BCUT2D eigenvalue weighted by Crippen LogP contribution is -2.17. The minimum absolute atomic E-state index is 0.194. The number of para-hydroxylation sites is 2. The van der Waals surface area contributed by atoms with E-state index in [0.29, 0.717) is 0 Å². The summed E-state index contributed by atoms with van der Waals surface area (Å²) in [4.78, 5) is 15.5. The van der Waals surface area contributed by atoms with Crippen LogP contribution in [0.3, 0.4) is 0 Å². The summed E-state index contributed by atoms with van der Waals surface area (Å²) >= 11 is 1.49. The van der Waals surface area contributed by atoms with Crippen LogP contribution in [0.4, 0.5) is 17.1 Å². The largest absolute Gasteiger partial charge is 0.477 e. The molecular weight excluding hydrogens is 621 g/mol. The van der Waals surface area contributed by atoms with Gasteiger partial charge in [0.15, 0.2) is 0 Å². The second-order valence-electron chi connectivity index (χ2n) is 13.9. The number of rotatable bonds is 6. The predicted octanol–water partition coefficient (Wildman–Crippen LogP) is 11.5. The van der Waals surface area contributed by atoms with Gasteiger partial charge in [-0.1, -0.05) is 82.3 Å². The fourth-order valence-corrected chi connectivity index (χ4v) is 8.66. The smallest absolute Gasteiger partial charge is 0.346 e. The van der Waals surface area contributed by atoms with Crippen molar-refractivity contribution in [3.05, 3.63) is 154 Å². The van der Waals surface area contributed by atoms with E-state index in [2.05, 4.69) is 142 Å². The van der Waals surface area contributed by atoms with Crippen molar-refractivity contribution in [2.75, 3.05) is 4.90 Å². The maximum atomic E-state index is 11.4. The van der Waals surface area contributed by atoms with Gasteiger partial charge in [-0.25, -0.2) is 4.79 Å². The number of carboxylic acid groups (broad SMARTS) is 1. The number of nitrogens with zero attached hydrogens (tertiary/aromatic N) is 2. The van der Waals surface area contributed by atoms with Crippen molar-refractivity contribution in [2.45, 2.75) is 38.5 Å². The molecule has 8 rings (SSSR count). The molecule has 0 atom stereocenters. The molecule has 0 saturated carbocycles. The van der Waals surface area contributed by atoms with E-state index in [1.807, 2.05) is 12.1 Å². The number of fused-ring (bicyclic) bond motifs is 6. The van der Waals surface area contributed by atoms with E-state index in [0.717, 1.165) is 32.4 Å². The zero-order valence-corrected chi connectivity index (χ0v) is 28.6. The SMILES string of the molecule is CC1(C)c2cc(-c3ccc(/C=C(\C#N)C(=O)O)s3)ccc2-c2cc3c(cc21)-c1ccc(N(c2ccccc2)c2ccccc2)cc1C3(C)C. The molecule has 49 heavy (non-hydrogen) atoms. The van der Waals surface area contributed by atoms with Crippen LogP contribution in [0.1, 0.15) is 54.8 Å². The first kappa shape index (κ1) is 30.6. The number of hydrogen-bond donors (Lipinski definition) is 1. The van der Waals surface area contributed by atoms with E-state index in [4.69, 9.17) is 0 Å². The van der Waals surface area contributed by atoms with Gasteiger partial charge in [0, 0.05) is 37.6 Å². The van der Waals surface area contributed by atoms with Gasteiger partial charge in [-0.05, 0) is 123 Å². The number of nitriles is 1. The van der Waals surface area contributed by atoms with Gasteiger partial charge in [0.05, 0.1) is 0 Å². The van der Waals surface area contributed by atoms with E-state index in [1.54, 1.807) is 6.07 Å². The maximum Gasteiger partial charge on any atom is 0.346 e. The van der Waals surface area contributed by atoms with Crippen LogP contribution < -0.4 is 4.90 Å². The molecule has 6 aromatic rings. The third-order valence-corrected chi connectivity index (χ3v) is 11.4. The van der Waals surface area contributed by atoms with Crippen LogP contribution in [-0.2, 0) is 15.6 Å². The highest BCUT2D eigenvalue weighted by molar-refractivity contribution is 7.16. The van der Waals surface area contributed by atoms with Crippen LogP contribution in [-0.4, -0.2) is 11.1 Å². The second kappa shape index (κ2) is 11.2. The molecular formula is C44H34N2O2S. The lowest BCUT2D eigenvalue weighted by atomic mass is 9.79. The molecule has 238 valence electrons. The summed E-state index contributed by atoms with van der Waals surface area (Å²) in [5.74, 6) is -1.21. The topological polar surface area (TPSA) is 64.3 Å². The molecule has 5 aromatic carbocycles. The summed E-state index contributed by atoms with van der Waals surface area (Å²) in [7, 11) is 0. The quantitative estimate of drug-likeness (QED) is 0.143. The molecule has 0 fully saturated rings. The van der Waals surface area contributed by atoms with Crippen molar-refractivity contribution >= 4 is 40.4 Å². The summed E-state index contributed by atoms with van der Waals surface area (Å²) in [5, 5.41) is 18.5. The molecule has 2 aliphatic carbocycles. The highest BCUT2D eigenvalue weighted by Crippen LogP contribution is 2.57. The van der Waals surface area contributed by atoms with Crippen molar-refractivity contribution in [1.82, 2.24) is 0 Å². The predicted molar refractivity (Wildman–Crippen MR) is 201 cm³/mol. The summed E-state index contributed by atoms with van der Waals surface area (Å²) in [6.07, 6.45) is 1.44. The van der Waals surface area contributed by atoms with Crippen molar-refractivity contribution in [3.63, 3.8) is 0 Å². The Kier molecular flexibility index (Phi) is 6.99. The third-order valence-electron chi connectivity index (χ3n) is 10.3. The summed E-state index contributed by atoms with van der Waals surface area (Å²) < 4.78 is 0. The Hall–Kier alpha value is -5.70. The Bertz CT molecular complexity index is 2340. The fourth-order valence-electron chi connectivity index (χ4n) is 7.71. The Morgan fingerprint density at radius 1 is 0.653 bits per heavy atom. The highest BCUT2D eigenvalue weighted by Gasteiger charge is 2.42. The number of carboxylic acids is 1. The fraction of sp³-hybridized carbons (Fsp3) is 0.136. The van der Waals surface area contributed by atoms with E-state index >= 15 is 0 Å². The van der Waals surface area contributed by atoms with E-state index in [9.17, 15) is 15.2 Å². The van der Waals surface area contributed by atoms with Gasteiger partial charge in [-0.2, -0.15) is 5.26 Å². The summed E-state index contributed by atoms with van der Waals surface area (Å²) in [6.45, 7) is 9.31. The minimum Gasteiger partial charge on any atom is -0.477 e. The molecule has 0 aliphatic heterocycles. The van der Waals surface area contributed by atoms with Crippen molar-refractivity contribution in [1.29, 1.82) is 5.26 Å². The summed E-state index contributed by atoms with van der Waals surface area (Å²) in [6, 6.07) is 45.3. The van der Waals surface area contributed by atoms with E-state index in [-0.39, 0.29) is 16.4 Å². The number of aliphatic carboxylic acids is 1. The zero-order chi connectivity index (χ0) is 34.1. The van der Waals surface area contributed by atoms with Crippen LogP contribution in [0.5, 0.6) is 0 Å². The van der Waals surface area contributed by atoms with Gasteiger partial charge in [-0.3, -0.25) is 0 Å². The Morgan fingerprint density at radius 2 is 1.18 bits per heavy atom. The van der Waals surface area contributed by atoms with Gasteiger partial charge < -0.3 is 10.0 Å². The molecule has 0 bridgehead atoms. The van der Waals surface area contributed by atoms with Gasteiger partial charge in [0.2, 0.25) is 0 Å². The molecule has 5 heteroatoms. The van der Waals surface area contributed by atoms with Gasteiger partial charge >= 0.3 is 5.97 Å². The molecule has 1 aromatic heterocycles. The van der Waals surface area contributed by atoms with Gasteiger partial charge in [0.1, 0.15) is 11.6 Å². The Labute approximate surface area is 290 Å². The van der Waals surface area contributed by atoms with Crippen LogP contribution in [0.25, 0.3) is 38.8 Å². The summed E-state index contributed by atoms with van der Waals surface area (Å²) in [5.41, 5.74) is 14.2. The molecule has 0 saturated heterocycles. The molecule has 0 amide bonds. The standard InChI is InChI=1S/C44H34N2O2S/c1-43(2)37-22-27(41-20-17-32(49-41)21-28(26-45)42(47)48)15-18-33(37)35-24-40-36(25-39(35)43)34-19-16-31(23-38(34)44(40,3)4)46(29-11-7-5-8-12-29)30-13-9-6-10-14-30/h5-25H,1-4H3,(H,47,48)/b28-21+. The first-order valence-corrected chi connectivity index (χ1v) is 17.2. The second-order valence-corrected chi connectivity index (χ2v) is 15.0. The van der Waals surface area contributed by atoms with Crippen molar-refractivity contribution in [3.8, 4) is 38.8 Å². The van der Waals surface area contributed by atoms with E-state index in [1.165, 1.54) is 61.9 Å². The average Bonchev–Trinajstić information content (AvgIpc) is 3.73. The number of carbonyl (C=O) groups is 1. The van der Waals surface area contributed by atoms with Crippen LogP contribution in [0.2, 0.25) is 0 Å². The van der Waals surface area contributed by atoms with Crippen LogP contribution in [0, 0.1) is 11.3 Å². The lowest BCUT2D eigenvalue weighted by Gasteiger charge is -2.28. The molecule has 0 spiro atoms. The van der Waals surface area contributed by atoms with E-state index < -0.39 is 5.97 Å². The normalized spacial score (nSPS) is 14.7. The average molecular weight is 655 g/mol. The highest BCUT2D eigenvalue weighted by atomic mass is 32.1. The van der Waals surface area contributed by atoms with Crippen molar-refractivity contribution in [2.24, 2.45) is 0 Å². The Balaban J connectivity index is 1.19. The molecule has 1 N–H and O–H groups in total. The molecule has 0 unspecified atom stereocenters. The molecule has 0 radical (unpaired) electrons. The Morgan fingerprint density at radius 3 is 1.73 bits per heavy atom. The maximum absolute atomic E-state index is 11.4. The monoisotopic (exact) mass is 654 g/mol. The molecule has 4 nitrogen and oxygen atoms in total.